The third kappa shape index (κ3) is 2.46. The lowest BCUT2D eigenvalue weighted by molar-refractivity contribution is -0.147. The number of alkyl halides is 1. The summed E-state index contributed by atoms with van der Waals surface area (Å²) in [5.74, 6) is -1.43. The Hall–Kier alpha value is -1.13. The molecule has 1 rings (SSSR count). The number of aliphatic hydroxyl groups is 1. The number of hydrogen-bond donors (Lipinski definition) is 2. The van der Waals surface area contributed by atoms with Crippen molar-refractivity contribution in [3.8, 4) is 0 Å². The molecule has 2 atom stereocenters. The van der Waals surface area contributed by atoms with Gasteiger partial charge in [0, 0.05) is 10.6 Å². The Morgan fingerprint density at radius 1 is 1.53 bits per heavy atom. The first-order valence-electron chi connectivity index (χ1n) is 4.28. The van der Waals surface area contributed by atoms with Crippen molar-refractivity contribution in [3.63, 3.8) is 0 Å². The number of aliphatic hydroxyl groups excluding tert-OH is 1. The highest BCUT2D eigenvalue weighted by atomic mass is 35.5. The summed E-state index contributed by atoms with van der Waals surface area (Å²) < 4.78 is 13.2. The zero-order chi connectivity index (χ0) is 11.6. The molecule has 0 aromatic heterocycles. The minimum absolute atomic E-state index is 0.00926. The van der Waals surface area contributed by atoms with E-state index >= 15 is 0 Å². The molecule has 15 heavy (non-hydrogen) atoms. The van der Waals surface area contributed by atoms with Crippen LogP contribution in [0.4, 0.5) is 4.39 Å². The normalized spacial score (nSPS) is 14.7. The average Bonchev–Trinajstić information content (AvgIpc) is 2.15. The van der Waals surface area contributed by atoms with Gasteiger partial charge in [0.15, 0.2) is 6.10 Å². The predicted octanol–water partition coefficient (Wildman–Crippen LogP) is 2.49. The summed E-state index contributed by atoms with van der Waals surface area (Å²) in [5.41, 5.74) is 0.0130. The van der Waals surface area contributed by atoms with Gasteiger partial charge in [-0.25, -0.2) is 9.18 Å². The molecule has 0 spiro atoms. The molecule has 2 unspecified atom stereocenters. The Bertz CT molecular complexity index is 379. The largest absolute Gasteiger partial charge is 0.479 e. The van der Waals surface area contributed by atoms with E-state index in [1.807, 2.05) is 0 Å². The van der Waals surface area contributed by atoms with Crippen LogP contribution in [0.15, 0.2) is 18.2 Å². The maximum Gasteiger partial charge on any atom is 0.337 e. The van der Waals surface area contributed by atoms with Crippen molar-refractivity contribution < 1.29 is 19.4 Å². The van der Waals surface area contributed by atoms with Crippen molar-refractivity contribution in [1.29, 1.82) is 0 Å². The molecule has 0 saturated carbocycles. The van der Waals surface area contributed by atoms with Crippen LogP contribution in [0.5, 0.6) is 0 Å². The van der Waals surface area contributed by atoms with E-state index in [0.29, 0.717) is 0 Å². The number of carbonyl (C=O) groups is 1. The second-order valence-electron chi connectivity index (χ2n) is 3.10. The average molecular weight is 233 g/mol. The lowest BCUT2D eigenvalue weighted by Crippen LogP contribution is -2.13. The van der Waals surface area contributed by atoms with Crippen molar-refractivity contribution in [2.24, 2.45) is 0 Å². The van der Waals surface area contributed by atoms with Crippen LogP contribution in [0.2, 0.25) is 5.02 Å². The fourth-order valence-electron chi connectivity index (χ4n) is 1.34. The number of hydrogen-bond acceptors (Lipinski definition) is 2. The van der Waals surface area contributed by atoms with E-state index in [4.69, 9.17) is 16.7 Å². The molecule has 5 heteroatoms. The maximum atomic E-state index is 13.2. The molecule has 0 aliphatic rings. The molecule has 0 bridgehead atoms. The lowest BCUT2D eigenvalue weighted by atomic mass is 9.99. The van der Waals surface area contributed by atoms with Crippen molar-refractivity contribution in [2.75, 3.05) is 0 Å². The van der Waals surface area contributed by atoms with E-state index in [1.165, 1.54) is 25.1 Å². The standard InChI is InChI=1S/C10H10ClFO3/c1-5(12)8-6(9(13)10(14)15)3-2-4-7(8)11/h2-5,9,13H,1H3,(H,14,15). The summed E-state index contributed by atoms with van der Waals surface area (Å²) in [6, 6.07) is 4.26. The summed E-state index contributed by atoms with van der Waals surface area (Å²) in [4.78, 5) is 10.6. The first-order chi connectivity index (χ1) is 6.95. The number of halogens is 2. The minimum Gasteiger partial charge on any atom is -0.479 e. The molecule has 0 aliphatic heterocycles. The predicted molar refractivity (Wildman–Crippen MR) is 53.6 cm³/mol. The van der Waals surface area contributed by atoms with Crippen molar-refractivity contribution in [2.45, 2.75) is 19.2 Å². The lowest BCUT2D eigenvalue weighted by Gasteiger charge is -2.14. The molecule has 0 aliphatic carbocycles. The fourth-order valence-corrected chi connectivity index (χ4v) is 1.68. The number of carboxylic acids is 1. The van der Waals surface area contributed by atoms with Gasteiger partial charge in [-0.3, -0.25) is 0 Å². The Labute approximate surface area is 91.1 Å². The van der Waals surface area contributed by atoms with Gasteiger partial charge >= 0.3 is 5.97 Å². The summed E-state index contributed by atoms with van der Waals surface area (Å²) in [5, 5.41) is 18.1. The van der Waals surface area contributed by atoms with Crippen LogP contribution in [0, 0.1) is 0 Å². The van der Waals surface area contributed by atoms with Gasteiger partial charge in [0.25, 0.3) is 0 Å². The van der Waals surface area contributed by atoms with Crippen LogP contribution < -0.4 is 0 Å². The van der Waals surface area contributed by atoms with Gasteiger partial charge in [-0.15, -0.1) is 0 Å². The zero-order valence-corrected chi connectivity index (χ0v) is 8.70. The highest BCUT2D eigenvalue weighted by Crippen LogP contribution is 2.32. The smallest absolute Gasteiger partial charge is 0.337 e. The van der Waals surface area contributed by atoms with Crippen LogP contribution in [0.3, 0.4) is 0 Å². The summed E-state index contributed by atoms with van der Waals surface area (Å²) in [7, 11) is 0. The molecule has 3 nitrogen and oxygen atoms in total. The first-order valence-corrected chi connectivity index (χ1v) is 4.66. The summed E-state index contributed by atoms with van der Waals surface area (Å²) in [6.45, 7) is 1.24. The molecule has 1 aromatic carbocycles. The van der Waals surface area contributed by atoms with E-state index in [2.05, 4.69) is 0 Å². The van der Waals surface area contributed by atoms with E-state index in [0.717, 1.165) is 0 Å². The highest BCUT2D eigenvalue weighted by Gasteiger charge is 2.23. The number of rotatable bonds is 3. The van der Waals surface area contributed by atoms with Crippen LogP contribution in [-0.2, 0) is 4.79 Å². The molecule has 1 aromatic rings. The van der Waals surface area contributed by atoms with Crippen molar-refractivity contribution in [3.05, 3.63) is 34.3 Å². The molecule has 0 amide bonds. The number of carboxylic acid groups (broad SMARTS) is 1. The van der Waals surface area contributed by atoms with Gasteiger partial charge in [-0.1, -0.05) is 23.7 Å². The molecule has 0 heterocycles. The second-order valence-corrected chi connectivity index (χ2v) is 3.51. The monoisotopic (exact) mass is 232 g/mol. The van der Waals surface area contributed by atoms with Gasteiger partial charge in [0.1, 0.15) is 6.17 Å². The quantitative estimate of drug-likeness (QED) is 0.842. The summed E-state index contributed by atoms with van der Waals surface area (Å²) in [6.07, 6.45) is -3.18. The maximum absolute atomic E-state index is 13.2. The fraction of sp³-hybridized carbons (Fsp3) is 0.300. The molecule has 2 N–H and O–H groups in total. The third-order valence-corrected chi connectivity index (χ3v) is 2.34. The van der Waals surface area contributed by atoms with E-state index in [9.17, 15) is 14.3 Å². The van der Waals surface area contributed by atoms with Crippen LogP contribution in [0.1, 0.15) is 30.3 Å². The van der Waals surface area contributed by atoms with Crippen LogP contribution >= 0.6 is 11.6 Å². The van der Waals surface area contributed by atoms with Gasteiger partial charge in [0.2, 0.25) is 0 Å². The van der Waals surface area contributed by atoms with Crippen LogP contribution in [-0.4, -0.2) is 16.2 Å². The van der Waals surface area contributed by atoms with E-state index in [-0.39, 0.29) is 16.1 Å². The summed E-state index contributed by atoms with van der Waals surface area (Å²) >= 11 is 5.73. The molecule has 0 fully saturated rings. The second kappa shape index (κ2) is 4.59. The van der Waals surface area contributed by atoms with Gasteiger partial charge in [-0.2, -0.15) is 0 Å². The molecule has 82 valence electrons. The minimum atomic E-state index is -1.75. The topological polar surface area (TPSA) is 57.5 Å². The van der Waals surface area contributed by atoms with E-state index < -0.39 is 18.2 Å². The first kappa shape index (κ1) is 11.9. The third-order valence-electron chi connectivity index (χ3n) is 2.01. The SMILES string of the molecule is CC(F)c1c(Cl)cccc1C(O)C(=O)O. The van der Waals surface area contributed by atoms with E-state index in [1.54, 1.807) is 0 Å². The highest BCUT2D eigenvalue weighted by molar-refractivity contribution is 6.31. The van der Waals surface area contributed by atoms with Crippen molar-refractivity contribution in [1.82, 2.24) is 0 Å². The molecule has 0 saturated heterocycles. The van der Waals surface area contributed by atoms with Gasteiger partial charge < -0.3 is 10.2 Å². The Balaban J connectivity index is 3.28. The number of aliphatic carboxylic acids is 1. The number of benzene rings is 1. The Kier molecular flexibility index (Phi) is 3.66. The van der Waals surface area contributed by atoms with Gasteiger partial charge in [-0.05, 0) is 18.6 Å². The van der Waals surface area contributed by atoms with Gasteiger partial charge in [0.05, 0.1) is 0 Å². The van der Waals surface area contributed by atoms with Crippen molar-refractivity contribution >= 4 is 17.6 Å². The Morgan fingerprint density at radius 3 is 2.60 bits per heavy atom. The molecular formula is C10H10ClFO3. The zero-order valence-electron chi connectivity index (χ0n) is 7.95. The molecule has 0 radical (unpaired) electrons. The Morgan fingerprint density at radius 2 is 2.13 bits per heavy atom. The molecular weight excluding hydrogens is 223 g/mol. The van der Waals surface area contributed by atoms with Crippen LogP contribution in [0.25, 0.3) is 0 Å².